The van der Waals surface area contributed by atoms with E-state index in [0.717, 1.165) is 5.76 Å². The fraction of sp³-hybridized carbons (Fsp3) is 0.526. The number of hydrogen-bond donors (Lipinski definition) is 0. The maximum Gasteiger partial charge on any atom is 0.273 e. The van der Waals surface area contributed by atoms with E-state index in [4.69, 9.17) is 9.15 Å². The Morgan fingerprint density at radius 3 is 2.67 bits per heavy atom. The summed E-state index contributed by atoms with van der Waals surface area (Å²) in [5.74, 6) is 1.47. The van der Waals surface area contributed by atoms with Gasteiger partial charge in [0.15, 0.2) is 10.8 Å². The van der Waals surface area contributed by atoms with Gasteiger partial charge in [0, 0.05) is 31.6 Å². The molecule has 4 rings (SSSR count). The van der Waals surface area contributed by atoms with E-state index in [-0.39, 0.29) is 23.7 Å². The fourth-order valence-corrected chi connectivity index (χ4v) is 4.42. The highest BCUT2D eigenvalue weighted by molar-refractivity contribution is 7.13. The monoisotopic (exact) mass is 389 g/mol. The van der Waals surface area contributed by atoms with Crippen LogP contribution in [-0.4, -0.2) is 66.0 Å². The molecule has 0 spiro atoms. The topological polar surface area (TPSA) is 75.9 Å². The maximum atomic E-state index is 12.9. The molecular formula is C19H23N3O4S. The number of carbonyl (C=O) groups excluding carboxylic acids is 2. The number of hydrogen-bond acceptors (Lipinski definition) is 6. The Morgan fingerprint density at radius 1 is 1.19 bits per heavy atom. The van der Waals surface area contributed by atoms with Crippen molar-refractivity contribution in [3.05, 3.63) is 29.0 Å². The summed E-state index contributed by atoms with van der Waals surface area (Å²) in [6.07, 6.45) is 0. The number of likely N-dealkylation sites (tertiary alicyclic amines) is 1. The zero-order valence-corrected chi connectivity index (χ0v) is 16.3. The quantitative estimate of drug-likeness (QED) is 0.805. The van der Waals surface area contributed by atoms with Crippen LogP contribution in [0.5, 0.6) is 0 Å². The minimum atomic E-state index is -0.155. The van der Waals surface area contributed by atoms with Crippen molar-refractivity contribution in [2.24, 2.45) is 11.8 Å². The van der Waals surface area contributed by atoms with Crippen LogP contribution in [-0.2, 0) is 9.53 Å². The Labute approximate surface area is 161 Å². The van der Waals surface area contributed by atoms with Crippen LogP contribution in [0.4, 0.5) is 0 Å². The Kier molecular flexibility index (Phi) is 5.01. The van der Waals surface area contributed by atoms with E-state index < -0.39 is 0 Å². The number of morpholine rings is 1. The average Bonchev–Trinajstić information content (AvgIpc) is 3.41. The molecule has 2 aromatic heterocycles. The molecule has 2 aromatic rings. The van der Waals surface area contributed by atoms with Gasteiger partial charge in [0.05, 0.1) is 19.1 Å². The Balaban J connectivity index is 1.44. The van der Waals surface area contributed by atoms with Crippen LogP contribution in [0.1, 0.15) is 23.2 Å². The van der Waals surface area contributed by atoms with Crippen LogP contribution in [0.15, 0.2) is 21.9 Å². The summed E-state index contributed by atoms with van der Waals surface area (Å²) >= 11 is 1.39. The molecule has 0 aromatic carbocycles. The molecule has 7 nitrogen and oxygen atoms in total. The number of amides is 2. The van der Waals surface area contributed by atoms with E-state index in [2.05, 4.69) is 4.98 Å². The normalized spacial score (nSPS) is 23.0. The standard InChI is InChI=1S/C19H23N3O4S/c1-12-9-22(10-14(12)18(23)21-5-7-25-8-6-21)19(24)15-11-27-17(20-15)16-4-3-13(2)26-16/h3-4,11-12,14H,5-10H2,1-2H3/t12-,14-/m1/s1. The molecule has 0 unspecified atom stereocenters. The molecule has 0 radical (unpaired) electrons. The van der Waals surface area contributed by atoms with Crippen LogP contribution in [0.3, 0.4) is 0 Å². The van der Waals surface area contributed by atoms with Gasteiger partial charge in [0.1, 0.15) is 11.5 Å². The molecule has 144 valence electrons. The summed E-state index contributed by atoms with van der Waals surface area (Å²) < 4.78 is 10.9. The minimum absolute atomic E-state index is 0.120. The summed E-state index contributed by atoms with van der Waals surface area (Å²) in [6.45, 7) is 7.37. The van der Waals surface area contributed by atoms with E-state index in [1.165, 1.54) is 11.3 Å². The molecule has 2 aliphatic heterocycles. The van der Waals surface area contributed by atoms with Crippen LogP contribution in [0.2, 0.25) is 0 Å². The van der Waals surface area contributed by atoms with Gasteiger partial charge >= 0.3 is 0 Å². The molecule has 2 saturated heterocycles. The molecule has 0 saturated carbocycles. The van der Waals surface area contributed by atoms with Gasteiger partial charge in [-0.1, -0.05) is 6.92 Å². The first-order chi connectivity index (χ1) is 13.0. The number of aromatic nitrogens is 1. The highest BCUT2D eigenvalue weighted by atomic mass is 32.1. The highest BCUT2D eigenvalue weighted by Crippen LogP contribution is 2.29. The highest BCUT2D eigenvalue weighted by Gasteiger charge is 2.39. The molecule has 27 heavy (non-hydrogen) atoms. The molecule has 2 atom stereocenters. The van der Waals surface area contributed by atoms with Gasteiger partial charge in [0.25, 0.3) is 5.91 Å². The zero-order valence-electron chi connectivity index (χ0n) is 15.5. The zero-order chi connectivity index (χ0) is 19.0. The van der Waals surface area contributed by atoms with Gasteiger partial charge in [-0.3, -0.25) is 9.59 Å². The van der Waals surface area contributed by atoms with Crippen molar-refractivity contribution in [2.45, 2.75) is 13.8 Å². The molecule has 2 aliphatic rings. The van der Waals surface area contributed by atoms with E-state index in [1.807, 2.05) is 30.9 Å². The summed E-state index contributed by atoms with van der Waals surface area (Å²) in [6, 6.07) is 3.74. The molecule has 4 heterocycles. The molecule has 0 aliphatic carbocycles. The SMILES string of the molecule is Cc1ccc(-c2nc(C(=O)N3C[C@@H](C)[C@H](C(=O)N4CCOCC4)C3)cs2)o1. The van der Waals surface area contributed by atoms with E-state index in [1.54, 1.807) is 10.3 Å². The first-order valence-electron chi connectivity index (χ1n) is 9.21. The molecule has 2 amide bonds. The van der Waals surface area contributed by atoms with Gasteiger partial charge in [-0.25, -0.2) is 4.98 Å². The van der Waals surface area contributed by atoms with Crippen molar-refractivity contribution < 1.29 is 18.7 Å². The van der Waals surface area contributed by atoms with Crippen LogP contribution in [0, 0.1) is 18.8 Å². The lowest BCUT2D eigenvalue weighted by Gasteiger charge is -2.30. The lowest BCUT2D eigenvalue weighted by atomic mass is 9.96. The van der Waals surface area contributed by atoms with Crippen LogP contribution < -0.4 is 0 Å². The van der Waals surface area contributed by atoms with E-state index >= 15 is 0 Å². The first kappa shape index (κ1) is 18.2. The molecular weight excluding hydrogens is 366 g/mol. The summed E-state index contributed by atoms with van der Waals surface area (Å²) in [4.78, 5) is 33.7. The number of thiazole rings is 1. The second-order valence-corrected chi connectivity index (χ2v) is 8.04. The van der Waals surface area contributed by atoms with Crippen LogP contribution in [0.25, 0.3) is 10.8 Å². The van der Waals surface area contributed by atoms with Crippen LogP contribution >= 0.6 is 11.3 Å². The second kappa shape index (κ2) is 7.44. The number of aryl methyl sites for hydroxylation is 1. The van der Waals surface area contributed by atoms with Crippen molar-refractivity contribution in [2.75, 3.05) is 39.4 Å². The average molecular weight is 389 g/mol. The molecule has 0 bridgehead atoms. The van der Waals surface area contributed by atoms with Crippen molar-refractivity contribution in [3.8, 4) is 10.8 Å². The lowest BCUT2D eigenvalue weighted by Crippen LogP contribution is -2.45. The third kappa shape index (κ3) is 3.64. The number of rotatable bonds is 3. The summed E-state index contributed by atoms with van der Waals surface area (Å²) in [5, 5.41) is 2.46. The predicted octanol–water partition coefficient (Wildman–Crippen LogP) is 2.28. The summed E-state index contributed by atoms with van der Waals surface area (Å²) in [5.41, 5.74) is 0.413. The van der Waals surface area contributed by atoms with E-state index in [9.17, 15) is 9.59 Å². The smallest absolute Gasteiger partial charge is 0.273 e. The predicted molar refractivity (Wildman–Crippen MR) is 101 cm³/mol. The maximum absolute atomic E-state index is 12.9. The van der Waals surface area contributed by atoms with Gasteiger partial charge in [-0.15, -0.1) is 11.3 Å². The molecule has 2 fully saturated rings. The van der Waals surface area contributed by atoms with Gasteiger partial charge in [0.2, 0.25) is 5.91 Å². The number of furan rings is 1. The van der Waals surface area contributed by atoms with E-state index in [0.29, 0.717) is 55.9 Å². The summed E-state index contributed by atoms with van der Waals surface area (Å²) in [7, 11) is 0. The largest absolute Gasteiger partial charge is 0.459 e. The third-order valence-electron chi connectivity index (χ3n) is 5.21. The first-order valence-corrected chi connectivity index (χ1v) is 10.1. The minimum Gasteiger partial charge on any atom is -0.459 e. The van der Waals surface area contributed by atoms with Gasteiger partial charge in [-0.05, 0) is 25.0 Å². The Bertz CT molecular complexity index is 840. The van der Waals surface area contributed by atoms with Crippen molar-refractivity contribution in [1.29, 1.82) is 0 Å². The fourth-order valence-electron chi connectivity index (χ4n) is 3.67. The number of ether oxygens (including phenoxy) is 1. The van der Waals surface area contributed by atoms with Gasteiger partial charge < -0.3 is 19.0 Å². The van der Waals surface area contributed by atoms with Gasteiger partial charge in [-0.2, -0.15) is 0 Å². The van der Waals surface area contributed by atoms with Crippen molar-refractivity contribution in [1.82, 2.24) is 14.8 Å². The Morgan fingerprint density at radius 2 is 1.96 bits per heavy atom. The van der Waals surface area contributed by atoms with Crippen molar-refractivity contribution in [3.63, 3.8) is 0 Å². The lowest BCUT2D eigenvalue weighted by molar-refractivity contribution is -0.140. The molecule has 0 N–H and O–H groups in total. The Hall–Kier alpha value is -2.19. The number of carbonyl (C=O) groups is 2. The second-order valence-electron chi connectivity index (χ2n) is 7.18. The third-order valence-corrected chi connectivity index (χ3v) is 6.07. The van der Waals surface area contributed by atoms with Crippen molar-refractivity contribution >= 4 is 23.2 Å². The molecule has 8 heteroatoms. The number of nitrogens with zero attached hydrogens (tertiary/aromatic N) is 3.